The lowest BCUT2D eigenvalue weighted by atomic mass is 9.89. The number of aliphatic imine (C=N–C) groups is 2. The number of carbonyl (C=O) groups is 2. The number of amidine groups is 2. The van der Waals surface area contributed by atoms with Gasteiger partial charge in [0.05, 0.1) is 32.2 Å². The predicted molar refractivity (Wildman–Crippen MR) is 325 cm³/mol. The summed E-state index contributed by atoms with van der Waals surface area (Å²) in [7, 11) is -7.54. The first-order valence-electron chi connectivity index (χ1n) is 29.8. The molecule has 8 rings (SSSR count). The average Bonchev–Trinajstić information content (AvgIpc) is 1.60. The Morgan fingerprint density at radius 2 is 0.968 bits per heavy atom. The highest BCUT2D eigenvalue weighted by molar-refractivity contribution is 7.92. The topological polar surface area (TPSA) is 276 Å². The van der Waals surface area contributed by atoms with Crippen molar-refractivity contribution in [1.29, 1.82) is 0 Å². The van der Waals surface area contributed by atoms with E-state index in [1.807, 2.05) is 13.8 Å². The van der Waals surface area contributed by atoms with Gasteiger partial charge in [-0.2, -0.15) is 48.2 Å². The Balaban J connectivity index is 0.000000266. The van der Waals surface area contributed by atoms with E-state index in [1.165, 1.54) is 39.0 Å². The number of ether oxygens (including phenoxy) is 4. The minimum absolute atomic E-state index is 0.0283. The molecule has 2 saturated heterocycles. The number of sulfonamides is 2. The number of carbonyl (C=O) groups excluding carboxylic acids is 2. The molecule has 6 N–H and O–H groups in total. The number of halogens is 10. The van der Waals surface area contributed by atoms with E-state index in [1.54, 1.807) is 62.4 Å². The normalized spacial score (nSPS) is 17.9. The Morgan fingerprint density at radius 1 is 0.574 bits per heavy atom. The van der Waals surface area contributed by atoms with Gasteiger partial charge in [-0.3, -0.25) is 19.6 Å². The first-order valence-corrected chi connectivity index (χ1v) is 32.9. The van der Waals surface area contributed by atoms with Crippen LogP contribution in [0, 0.1) is 27.7 Å². The van der Waals surface area contributed by atoms with Crippen LogP contribution >= 0.6 is 0 Å². The maximum atomic E-state index is 13.3. The number of hydrogen-bond donors (Lipinski definition) is 6. The maximum absolute atomic E-state index is 13.3. The molecule has 4 aliphatic rings. The Bertz CT molecular complexity index is 3620. The minimum Gasteiger partial charge on any atom is -0.494 e. The van der Waals surface area contributed by atoms with Gasteiger partial charge in [0.15, 0.2) is 0 Å². The largest absolute Gasteiger partial charge is 0.494 e. The van der Waals surface area contributed by atoms with Gasteiger partial charge in [0.1, 0.15) is 71.2 Å². The number of piperidine rings is 2. The van der Waals surface area contributed by atoms with Crippen molar-refractivity contribution in [3.63, 3.8) is 0 Å². The molecule has 20 nitrogen and oxygen atoms in total. The fourth-order valence-corrected chi connectivity index (χ4v) is 13.4. The summed E-state index contributed by atoms with van der Waals surface area (Å²) in [4.78, 5) is 35.3. The molecule has 4 heterocycles. The van der Waals surface area contributed by atoms with Crippen molar-refractivity contribution < 1.29 is 110 Å². The third-order valence-electron chi connectivity index (χ3n) is 16.2. The smallest absolute Gasteiger partial charge is 0.453 e. The third-order valence-corrected chi connectivity index (χ3v) is 19.7. The van der Waals surface area contributed by atoms with Crippen LogP contribution in [0.3, 0.4) is 0 Å². The monoisotopic (exact) mass is 1380 g/mol. The molecule has 2 amide bonds. The van der Waals surface area contributed by atoms with Crippen LogP contribution in [0.2, 0.25) is 0 Å². The van der Waals surface area contributed by atoms with Crippen LogP contribution in [0.1, 0.15) is 95.9 Å². The number of amides is 2. The summed E-state index contributed by atoms with van der Waals surface area (Å²) in [6.45, 7) is 5.67. The highest BCUT2D eigenvalue weighted by atomic mass is 32.2. The molecule has 0 radical (unpaired) electrons. The van der Waals surface area contributed by atoms with Crippen LogP contribution < -0.4 is 29.6 Å². The summed E-state index contributed by atoms with van der Waals surface area (Å²) < 4.78 is 204. The second-order valence-electron chi connectivity index (χ2n) is 23.3. The molecule has 4 aromatic carbocycles. The van der Waals surface area contributed by atoms with Gasteiger partial charge in [-0.15, -0.1) is 0 Å². The molecule has 0 aliphatic carbocycles. The van der Waals surface area contributed by atoms with Crippen molar-refractivity contribution in [2.24, 2.45) is 9.98 Å². The summed E-state index contributed by atoms with van der Waals surface area (Å²) in [6.07, 6.45) is -14.9. The van der Waals surface area contributed by atoms with Gasteiger partial charge in [-0.05, 0) is 161 Å². The molecule has 2 atom stereocenters. The Hall–Kier alpha value is -6.94. The van der Waals surface area contributed by atoms with Gasteiger partial charge in [-0.25, -0.2) is 21.1 Å². The summed E-state index contributed by atoms with van der Waals surface area (Å²) in [5.41, 5.74) is 3.16. The van der Waals surface area contributed by atoms with Crippen molar-refractivity contribution in [2.75, 3.05) is 71.6 Å². The molecule has 0 saturated carbocycles. The molecule has 2 spiro atoms. The van der Waals surface area contributed by atoms with Gasteiger partial charge >= 0.3 is 24.2 Å². The van der Waals surface area contributed by atoms with Crippen LogP contribution in [0.5, 0.6) is 23.0 Å². The van der Waals surface area contributed by atoms with E-state index in [0.29, 0.717) is 28.2 Å². The quantitative estimate of drug-likeness (QED) is 0.0246. The van der Waals surface area contributed by atoms with Crippen LogP contribution in [-0.4, -0.2) is 188 Å². The van der Waals surface area contributed by atoms with Crippen LogP contribution in [0.15, 0.2) is 88.2 Å². The molecule has 32 heteroatoms. The van der Waals surface area contributed by atoms with Crippen LogP contribution in [0.4, 0.5) is 43.9 Å². The number of nitrogens with one attached hydrogen (secondary N) is 2. The number of hydrogen-bond acceptors (Lipinski definition) is 16. The highest BCUT2D eigenvalue weighted by Gasteiger charge is 2.57. The molecule has 0 bridgehead atoms. The minimum atomic E-state index is -5.63. The first kappa shape index (κ1) is 74.5. The number of aliphatic hydroxyl groups is 4. The number of aliphatic hydroxyl groups excluding tert-OH is 4. The fourth-order valence-electron chi connectivity index (χ4n) is 10.8. The molecule has 4 aliphatic heterocycles. The lowest BCUT2D eigenvalue weighted by molar-refractivity contribution is -0.284. The van der Waals surface area contributed by atoms with Crippen molar-refractivity contribution in [1.82, 2.24) is 19.2 Å². The molecule has 0 aromatic heterocycles. The van der Waals surface area contributed by atoms with E-state index in [0.717, 1.165) is 33.2 Å². The van der Waals surface area contributed by atoms with E-state index in [-0.39, 0.29) is 120 Å². The number of benzene rings is 4. The van der Waals surface area contributed by atoms with Gasteiger partial charge in [0.2, 0.25) is 20.0 Å². The predicted octanol–water partition coefficient (Wildman–Crippen LogP) is 7.78. The van der Waals surface area contributed by atoms with Crippen molar-refractivity contribution in [3.8, 4) is 23.0 Å². The summed E-state index contributed by atoms with van der Waals surface area (Å²) in [5, 5.41) is 43.5. The standard InChI is InChI=1S/C31H38F5N3O7S.C31H36F5N3O7S/c2*1-20-15-25(46-19-23(41)18-40)16-21(2)26(20)7-14-47(43,44)39-11-9-29(10-12-39)28(42)37-27(38-29)22-5-3-6-24(17-22)45-13-4-8-30(32,33)31(34,35)36/h3,5-6,15-17,23,40-41H,4,7-14,18-19H2,1-2H3,(H,37,38,42);3,5-7,14-17,23,40-41H,4,8-13,18-19H2,1-2H3,(H,37,38,42)/b;14-7+/t2*23-/m11/s1. The van der Waals surface area contributed by atoms with Crippen molar-refractivity contribution >= 4 is 49.6 Å². The Kier molecular flexibility index (Phi) is 24.1. The second-order valence-corrected chi connectivity index (χ2v) is 27.2. The number of rotatable bonds is 27. The number of aryl methyl sites for hydroxylation is 4. The molecule has 518 valence electrons. The summed E-state index contributed by atoms with van der Waals surface area (Å²) in [6, 6.07) is 19.2. The van der Waals surface area contributed by atoms with E-state index in [4.69, 9.17) is 29.2 Å². The molecular weight excluding hydrogens is 1310 g/mol. The highest BCUT2D eigenvalue weighted by Crippen LogP contribution is 2.41. The van der Waals surface area contributed by atoms with Gasteiger partial charge < -0.3 is 50.0 Å². The van der Waals surface area contributed by atoms with Crippen molar-refractivity contribution in [3.05, 3.63) is 123 Å². The van der Waals surface area contributed by atoms with Crippen LogP contribution in [-0.2, 0) is 36.1 Å². The lowest BCUT2D eigenvalue weighted by Crippen LogP contribution is -2.50. The Labute approximate surface area is 536 Å². The fraction of sp³-hybridized carbons (Fsp3) is 0.516. The molecular formula is C62H74F10N6O14S2. The maximum Gasteiger partial charge on any atom is 0.453 e. The third kappa shape index (κ3) is 18.7. The van der Waals surface area contributed by atoms with Gasteiger partial charge in [-0.1, -0.05) is 24.3 Å². The van der Waals surface area contributed by atoms with Crippen molar-refractivity contribution in [2.45, 2.75) is 133 Å². The van der Waals surface area contributed by atoms with E-state index < -0.39 is 112 Å². The van der Waals surface area contributed by atoms with Crippen LogP contribution in [0.25, 0.3) is 6.08 Å². The van der Waals surface area contributed by atoms with E-state index in [2.05, 4.69) is 20.6 Å². The summed E-state index contributed by atoms with van der Waals surface area (Å²) in [5.74, 6) is -8.75. The number of nitrogens with zero attached hydrogens (tertiary/aromatic N) is 4. The zero-order chi connectivity index (χ0) is 69.2. The molecule has 4 aromatic rings. The molecule has 2 fully saturated rings. The second kappa shape index (κ2) is 30.4. The lowest BCUT2D eigenvalue weighted by Gasteiger charge is -2.34. The van der Waals surface area contributed by atoms with Gasteiger partial charge in [0.25, 0.3) is 11.8 Å². The Morgan fingerprint density at radius 3 is 1.36 bits per heavy atom. The van der Waals surface area contributed by atoms with Gasteiger partial charge in [0, 0.05) is 55.6 Å². The molecule has 94 heavy (non-hydrogen) atoms. The SMILES string of the molecule is Cc1cc(OC[C@H](O)CO)cc(C)c1/C=C/S(=O)(=O)N1CCC2(CC1)N=C(c1cccc(OCCCC(F)(F)C(F)(F)F)c1)NC2=O.Cc1cc(OC[C@H](O)CO)cc(C)c1CCS(=O)(=O)N1CCC2(CC1)N=C(c1cccc(OCCCC(F)(F)C(F)(F)F)c1)NC2=O. The van der Waals surface area contributed by atoms with E-state index >= 15 is 0 Å². The first-order chi connectivity index (χ1) is 43.9. The number of alkyl halides is 10. The summed E-state index contributed by atoms with van der Waals surface area (Å²) >= 11 is 0. The zero-order valence-corrected chi connectivity index (χ0v) is 53.3. The molecule has 0 unspecified atom stereocenters. The van der Waals surface area contributed by atoms with E-state index in [9.17, 15) is 80.5 Å². The zero-order valence-electron chi connectivity index (χ0n) is 51.6. The average molecular weight is 1380 g/mol.